The molecule has 0 saturated heterocycles. The van der Waals surface area contributed by atoms with E-state index in [-0.39, 0.29) is 5.97 Å². The smallest absolute Gasteiger partial charge is 0.356 e. The van der Waals surface area contributed by atoms with E-state index in [1.54, 1.807) is 19.2 Å². The van der Waals surface area contributed by atoms with Gasteiger partial charge in [0.25, 0.3) is 0 Å². The highest BCUT2D eigenvalue weighted by Gasteiger charge is 2.11. The molecule has 48 valence electrons. The Bertz CT molecular complexity index is 181. The zero-order valence-electron chi connectivity index (χ0n) is 5.13. The first kappa shape index (κ1) is 6.01. The van der Waals surface area contributed by atoms with Crippen LogP contribution in [0.15, 0.2) is 17.3 Å². The van der Waals surface area contributed by atoms with Crippen molar-refractivity contribution in [2.24, 2.45) is 4.99 Å². The summed E-state index contributed by atoms with van der Waals surface area (Å²) in [6, 6.07) is 0. The molecule has 0 radical (unpaired) electrons. The van der Waals surface area contributed by atoms with Crippen molar-refractivity contribution in [1.29, 1.82) is 0 Å². The van der Waals surface area contributed by atoms with Crippen LogP contribution in [0, 0.1) is 0 Å². The van der Waals surface area contributed by atoms with Crippen molar-refractivity contribution in [2.45, 2.75) is 6.92 Å². The van der Waals surface area contributed by atoms with E-state index >= 15 is 0 Å². The van der Waals surface area contributed by atoms with Gasteiger partial charge >= 0.3 is 5.97 Å². The van der Waals surface area contributed by atoms with E-state index in [0.29, 0.717) is 12.3 Å². The van der Waals surface area contributed by atoms with E-state index in [0.717, 1.165) is 0 Å². The highest BCUT2D eigenvalue weighted by molar-refractivity contribution is 6.43. The van der Waals surface area contributed by atoms with Gasteiger partial charge in [-0.1, -0.05) is 0 Å². The van der Waals surface area contributed by atoms with Gasteiger partial charge in [0.2, 0.25) is 0 Å². The molecule has 0 bridgehead atoms. The van der Waals surface area contributed by atoms with Crippen molar-refractivity contribution in [2.75, 3.05) is 6.61 Å². The highest BCUT2D eigenvalue weighted by Crippen LogP contribution is 1.97. The number of esters is 1. The van der Waals surface area contributed by atoms with Crippen molar-refractivity contribution in [3.8, 4) is 0 Å². The molecule has 0 unspecified atom stereocenters. The average Bonchev–Trinajstić information content (AvgIpc) is 1.60. The molecule has 3 heteroatoms. The first-order chi connectivity index (χ1) is 4.34. The molecular weight excluding hydrogens is 118 g/mol. The van der Waals surface area contributed by atoms with Gasteiger partial charge in [-0.2, -0.15) is 0 Å². The van der Waals surface area contributed by atoms with Gasteiger partial charge in [0.15, 0.2) is 0 Å². The molecule has 0 amide bonds. The first-order valence-corrected chi connectivity index (χ1v) is 2.76. The molecule has 9 heavy (non-hydrogen) atoms. The number of carbonyl (C=O) groups excluding carboxylic acids is 1. The zero-order valence-corrected chi connectivity index (χ0v) is 5.13. The van der Waals surface area contributed by atoms with E-state index in [4.69, 9.17) is 0 Å². The van der Waals surface area contributed by atoms with E-state index in [1.165, 1.54) is 0 Å². The van der Waals surface area contributed by atoms with Gasteiger partial charge in [-0.05, 0) is 13.0 Å². The quantitative estimate of drug-likeness (QED) is 0.504. The van der Waals surface area contributed by atoms with Gasteiger partial charge in [-0.15, -0.1) is 0 Å². The lowest BCUT2D eigenvalue weighted by Gasteiger charge is -2.03. The maximum Gasteiger partial charge on any atom is 0.356 e. The maximum atomic E-state index is 10.6. The van der Waals surface area contributed by atoms with Crippen molar-refractivity contribution in [1.82, 2.24) is 0 Å². The third-order valence-corrected chi connectivity index (χ3v) is 0.931. The van der Waals surface area contributed by atoms with Gasteiger partial charge in [0, 0.05) is 6.20 Å². The molecule has 1 aliphatic rings. The van der Waals surface area contributed by atoms with E-state index in [9.17, 15) is 4.79 Å². The molecule has 0 aromatic rings. The van der Waals surface area contributed by atoms with Crippen LogP contribution in [-0.2, 0) is 9.53 Å². The van der Waals surface area contributed by atoms with Crippen molar-refractivity contribution in [3.05, 3.63) is 12.3 Å². The molecule has 1 heterocycles. The predicted molar refractivity (Wildman–Crippen MR) is 33.2 cm³/mol. The predicted octanol–water partition coefficient (Wildman–Crippen LogP) is 0.518. The van der Waals surface area contributed by atoms with Crippen molar-refractivity contribution >= 4 is 11.7 Å². The van der Waals surface area contributed by atoms with Crippen LogP contribution in [0.1, 0.15) is 6.92 Å². The minimum atomic E-state index is -0.333. The second-order valence-electron chi connectivity index (χ2n) is 1.55. The van der Waals surface area contributed by atoms with Crippen LogP contribution in [0.5, 0.6) is 0 Å². The third kappa shape index (κ3) is 1.16. The van der Waals surface area contributed by atoms with Gasteiger partial charge in [0.1, 0.15) is 5.71 Å². The first-order valence-electron chi connectivity index (χ1n) is 2.76. The summed E-state index contributed by atoms with van der Waals surface area (Å²) in [5.41, 5.74) is 0.414. The van der Waals surface area contributed by atoms with E-state index in [2.05, 4.69) is 9.73 Å². The van der Waals surface area contributed by atoms with Gasteiger partial charge in [-0.3, -0.25) is 0 Å². The molecule has 0 aromatic heterocycles. The maximum absolute atomic E-state index is 10.6. The second kappa shape index (κ2) is 2.44. The normalized spacial score (nSPS) is 14.1. The van der Waals surface area contributed by atoms with Crippen LogP contribution in [0.25, 0.3) is 0 Å². The molecule has 0 aromatic carbocycles. The lowest BCUT2D eigenvalue weighted by molar-refractivity contribution is -0.134. The topological polar surface area (TPSA) is 38.7 Å². The lowest BCUT2D eigenvalue weighted by Crippen LogP contribution is -2.17. The van der Waals surface area contributed by atoms with Crippen LogP contribution >= 0.6 is 0 Å². The fraction of sp³-hybridized carbons (Fsp3) is 0.333. The number of hydrogen-bond donors (Lipinski definition) is 0. The molecule has 1 aliphatic heterocycles. The fourth-order valence-electron chi connectivity index (χ4n) is 0.475. The summed E-state index contributed by atoms with van der Waals surface area (Å²) >= 11 is 0. The summed E-state index contributed by atoms with van der Waals surface area (Å²) < 4.78 is 4.62. The van der Waals surface area contributed by atoms with Gasteiger partial charge < -0.3 is 4.74 Å². The molecule has 0 fully saturated rings. The summed E-state index contributed by atoms with van der Waals surface area (Å²) in [4.78, 5) is 14.3. The monoisotopic (exact) mass is 125 g/mol. The minimum Gasteiger partial charge on any atom is -0.461 e. The van der Waals surface area contributed by atoms with Gasteiger partial charge in [0.05, 0.1) is 6.61 Å². The van der Waals surface area contributed by atoms with Gasteiger partial charge in [-0.25, -0.2) is 9.79 Å². The summed E-state index contributed by atoms with van der Waals surface area (Å²) in [6.45, 7) is 2.17. The Morgan fingerprint density at radius 1 is 1.89 bits per heavy atom. The number of aliphatic imine (C=N–C) groups is 1. The standard InChI is InChI=1S/C6H7NO2/c1-2-9-6(8)5-3-4-7-5/h3-4H,2H2,1H3. The Morgan fingerprint density at radius 2 is 2.56 bits per heavy atom. The van der Waals surface area contributed by atoms with Crippen molar-refractivity contribution < 1.29 is 9.53 Å². The molecule has 0 saturated carbocycles. The Labute approximate surface area is 53.0 Å². The van der Waals surface area contributed by atoms with Crippen LogP contribution in [0.3, 0.4) is 0 Å². The second-order valence-corrected chi connectivity index (χ2v) is 1.55. The van der Waals surface area contributed by atoms with Crippen LogP contribution in [0.2, 0.25) is 0 Å². The molecule has 0 aliphatic carbocycles. The van der Waals surface area contributed by atoms with Crippen molar-refractivity contribution in [3.63, 3.8) is 0 Å². The lowest BCUT2D eigenvalue weighted by atomic mass is 10.3. The molecule has 3 nitrogen and oxygen atoms in total. The summed E-state index contributed by atoms with van der Waals surface area (Å²) in [6.07, 6.45) is 3.18. The number of hydrogen-bond acceptors (Lipinski definition) is 3. The number of carbonyl (C=O) groups is 1. The van der Waals surface area contributed by atoms with E-state index in [1.807, 2.05) is 0 Å². The summed E-state index contributed by atoms with van der Waals surface area (Å²) in [5.74, 6) is -0.333. The average molecular weight is 125 g/mol. The SMILES string of the molecule is CCOC(=O)C1=NC=C1. The molecular formula is C6H7NO2. The minimum absolute atomic E-state index is 0.333. The fourth-order valence-corrected chi connectivity index (χ4v) is 0.475. The van der Waals surface area contributed by atoms with Crippen LogP contribution in [0.4, 0.5) is 0 Å². The molecule has 1 rings (SSSR count). The van der Waals surface area contributed by atoms with Crippen LogP contribution in [-0.4, -0.2) is 18.3 Å². The molecule has 0 atom stereocenters. The third-order valence-electron chi connectivity index (χ3n) is 0.931. The number of rotatable bonds is 2. The van der Waals surface area contributed by atoms with Crippen LogP contribution < -0.4 is 0 Å². The summed E-state index contributed by atoms with van der Waals surface area (Å²) in [7, 11) is 0. The van der Waals surface area contributed by atoms with E-state index < -0.39 is 0 Å². The summed E-state index contributed by atoms with van der Waals surface area (Å²) in [5, 5.41) is 0. The Morgan fingerprint density at radius 3 is 2.89 bits per heavy atom. The molecule has 0 spiro atoms. The Hall–Kier alpha value is -1.12. The molecule has 0 N–H and O–H groups in total. The zero-order chi connectivity index (χ0) is 6.69. The highest BCUT2D eigenvalue weighted by atomic mass is 16.5. The Balaban J connectivity index is 2.35. The largest absolute Gasteiger partial charge is 0.461 e. The number of ether oxygens (including phenoxy) is 1. The number of nitrogens with zero attached hydrogens (tertiary/aromatic N) is 1. The Kier molecular flexibility index (Phi) is 1.63.